The largest absolute Gasteiger partial charge is 0.464 e. The number of aliphatic hydroxyl groups excluding tert-OH is 3. The average Bonchev–Trinajstić information content (AvgIpc) is 3.17. The van der Waals surface area contributed by atoms with Gasteiger partial charge in [-0.05, 0) is 78.1 Å². The monoisotopic (exact) mass is 838 g/mol. The van der Waals surface area contributed by atoms with Crippen LogP contribution in [0, 0.1) is 29.1 Å². The Bertz CT molecular complexity index is 1440. The van der Waals surface area contributed by atoms with E-state index in [2.05, 4.69) is 16.0 Å². The Morgan fingerprint density at radius 1 is 0.746 bits per heavy atom. The minimum Gasteiger partial charge on any atom is -0.464 e. The van der Waals surface area contributed by atoms with Crippen LogP contribution in [0.3, 0.4) is 0 Å². The zero-order valence-corrected chi connectivity index (χ0v) is 36.2. The number of ether oxygens (including phenoxy) is 3. The summed E-state index contributed by atoms with van der Waals surface area (Å²) in [6.45, 7) is 13.7. The molecule has 59 heavy (non-hydrogen) atoms. The van der Waals surface area contributed by atoms with Crippen molar-refractivity contribution in [3.63, 3.8) is 0 Å². The smallest absolute Gasteiger partial charge is 0.410 e. The van der Waals surface area contributed by atoms with E-state index in [-0.39, 0.29) is 62.4 Å². The summed E-state index contributed by atoms with van der Waals surface area (Å²) in [7, 11) is 0. The topological polar surface area (TPSA) is 247 Å². The summed E-state index contributed by atoms with van der Waals surface area (Å²) in [6.07, 6.45) is 4.00. The van der Waals surface area contributed by atoms with Crippen LogP contribution in [0.4, 0.5) is 4.79 Å². The predicted molar refractivity (Wildman–Crippen MR) is 216 cm³/mol. The van der Waals surface area contributed by atoms with Crippen molar-refractivity contribution in [3.05, 3.63) is 12.2 Å². The Labute approximate surface area is 348 Å². The van der Waals surface area contributed by atoms with Gasteiger partial charge in [0.15, 0.2) is 0 Å². The van der Waals surface area contributed by atoms with Gasteiger partial charge in [-0.2, -0.15) is 0 Å². The maximum absolute atomic E-state index is 13.4. The van der Waals surface area contributed by atoms with E-state index in [9.17, 15) is 48.9 Å². The standard InChI is InChI=1S/C42H70N4O13/c1-26(45-37(53)31(25-47)33(49)34(50)32(48)17-18-41(3,4)5)35(51)43-19-21-58-39(55)30-16-12-13-28(23-30)24-46(40(56)59-42(6,7)8)27(2)36(52)44-20-22-57-38(54)29-14-10-9-11-15-29/h17-18,25-34,48-50H,9-16,19-24H2,1-8H3,(H,43,51)(H,44,52)(H,45,53)/b18-17+/t26-,27+,28?,30?,31+,32+,33-,34-/m0/s1. The number of hydrogen-bond acceptors (Lipinski definition) is 13. The molecule has 0 aliphatic heterocycles. The maximum atomic E-state index is 13.4. The molecular formula is C42H70N4O13. The second-order valence-electron chi connectivity index (χ2n) is 17.9. The molecule has 2 unspecified atom stereocenters. The number of nitrogens with one attached hydrogen (secondary N) is 3. The van der Waals surface area contributed by atoms with E-state index in [0.29, 0.717) is 25.7 Å². The fourth-order valence-corrected chi connectivity index (χ4v) is 6.92. The lowest BCUT2D eigenvalue weighted by molar-refractivity contribution is -0.150. The number of aldehydes is 1. The van der Waals surface area contributed by atoms with Gasteiger partial charge in [0.25, 0.3) is 0 Å². The Kier molecular flexibility index (Phi) is 21.0. The van der Waals surface area contributed by atoms with Gasteiger partial charge in [0, 0.05) is 6.54 Å². The van der Waals surface area contributed by atoms with Crippen molar-refractivity contribution in [2.45, 2.75) is 149 Å². The number of carbonyl (C=O) groups excluding carboxylic acids is 7. The highest BCUT2D eigenvalue weighted by Gasteiger charge is 2.37. The van der Waals surface area contributed by atoms with Crippen molar-refractivity contribution in [2.75, 3.05) is 32.8 Å². The van der Waals surface area contributed by atoms with Crippen LogP contribution in [0.5, 0.6) is 0 Å². The highest BCUT2D eigenvalue weighted by Crippen LogP contribution is 2.31. The van der Waals surface area contributed by atoms with Gasteiger partial charge in [0.1, 0.15) is 61.4 Å². The molecule has 0 heterocycles. The van der Waals surface area contributed by atoms with Gasteiger partial charge in [0.05, 0.1) is 24.9 Å². The molecule has 0 spiro atoms. The minimum absolute atomic E-state index is 0.0214. The Hall–Kier alpha value is -4.09. The van der Waals surface area contributed by atoms with E-state index in [1.807, 2.05) is 20.8 Å². The van der Waals surface area contributed by atoms with Gasteiger partial charge in [-0.1, -0.05) is 58.6 Å². The molecule has 2 aliphatic rings. The van der Waals surface area contributed by atoms with Crippen molar-refractivity contribution >= 4 is 42.0 Å². The van der Waals surface area contributed by atoms with E-state index in [4.69, 9.17) is 14.2 Å². The summed E-state index contributed by atoms with van der Waals surface area (Å²) in [5.74, 6) is -5.39. The summed E-state index contributed by atoms with van der Waals surface area (Å²) in [4.78, 5) is 90.4. The average molecular weight is 839 g/mol. The molecule has 8 atom stereocenters. The Balaban J connectivity index is 1.87. The SMILES string of the molecule is C[C@H](NC(=O)[C@H](C=O)[C@H](O)[C@@H](O)[C@H](O)/C=C/C(C)(C)C)C(=O)NCCOC(=O)C1CCCC(CN(C(=O)OC(C)(C)C)[C@H](C)C(=O)NCCOC(=O)C2CCCCC2)C1. The second-order valence-corrected chi connectivity index (χ2v) is 17.9. The zero-order chi connectivity index (χ0) is 44.5. The zero-order valence-electron chi connectivity index (χ0n) is 36.2. The number of allylic oxidation sites excluding steroid dienone is 1. The molecule has 4 amide bonds. The van der Waals surface area contributed by atoms with Crippen LogP contribution < -0.4 is 16.0 Å². The summed E-state index contributed by atoms with van der Waals surface area (Å²) in [5, 5.41) is 38.6. The molecule has 0 bridgehead atoms. The van der Waals surface area contributed by atoms with E-state index < -0.39 is 77.6 Å². The molecule has 0 radical (unpaired) electrons. The van der Waals surface area contributed by atoms with Gasteiger partial charge < -0.3 is 50.3 Å². The molecular weight excluding hydrogens is 768 g/mol. The Morgan fingerprint density at radius 3 is 1.86 bits per heavy atom. The van der Waals surface area contributed by atoms with Gasteiger partial charge in [-0.3, -0.25) is 28.9 Å². The lowest BCUT2D eigenvalue weighted by atomic mass is 9.81. The summed E-state index contributed by atoms with van der Waals surface area (Å²) in [6, 6.07) is -2.09. The molecule has 17 heteroatoms. The van der Waals surface area contributed by atoms with Gasteiger partial charge in [-0.15, -0.1) is 0 Å². The van der Waals surface area contributed by atoms with E-state index in [1.54, 1.807) is 33.8 Å². The minimum atomic E-state index is -1.95. The number of esters is 2. The molecule has 2 aliphatic carbocycles. The lowest BCUT2D eigenvalue weighted by Gasteiger charge is -2.36. The molecule has 6 N–H and O–H groups in total. The second kappa shape index (κ2) is 24.2. The molecule has 0 aromatic rings. The molecule has 2 rings (SSSR count). The summed E-state index contributed by atoms with van der Waals surface area (Å²) in [5.41, 5.74) is -1.16. The first kappa shape index (κ1) is 51.1. The van der Waals surface area contributed by atoms with Crippen LogP contribution >= 0.6 is 0 Å². The Morgan fingerprint density at radius 2 is 1.31 bits per heavy atom. The van der Waals surface area contributed by atoms with Crippen molar-refractivity contribution < 1.29 is 63.1 Å². The van der Waals surface area contributed by atoms with E-state index in [1.165, 1.54) is 17.9 Å². The third-order valence-corrected chi connectivity index (χ3v) is 10.3. The first-order valence-corrected chi connectivity index (χ1v) is 20.9. The van der Waals surface area contributed by atoms with Crippen LogP contribution in [-0.4, -0.2) is 131 Å². The molecule has 0 saturated heterocycles. The number of hydrogen-bond donors (Lipinski definition) is 6. The molecule has 2 saturated carbocycles. The predicted octanol–water partition coefficient (Wildman–Crippen LogP) is 2.32. The van der Waals surface area contributed by atoms with Gasteiger partial charge in [0.2, 0.25) is 17.7 Å². The van der Waals surface area contributed by atoms with Crippen LogP contribution in [-0.2, 0) is 43.0 Å². The fourth-order valence-electron chi connectivity index (χ4n) is 6.92. The number of aliphatic hydroxyl groups is 3. The number of nitrogens with zero attached hydrogens (tertiary/aromatic N) is 1. The van der Waals surface area contributed by atoms with Crippen LogP contribution in [0.25, 0.3) is 0 Å². The van der Waals surface area contributed by atoms with Crippen molar-refractivity contribution in [1.82, 2.24) is 20.9 Å². The first-order chi connectivity index (χ1) is 27.5. The van der Waals surface area contributed by atoms with Gasteiger partial charge in [-0.25, -0.2) is 4.79 Å². The third-order valence-electron chi connectivity index (χ3n) is 10.3. The summed E-state index contributed by atoms with van der Waals surface area (Å²) < 4.78 is 16.5. The number of amides is 4. The molecule has 336 valence electrons. The normalized spacial score (nSPS) is 20.8. The van der Waals surface area contributed by atoms with Crippen LogP contribution in [0.15, 0.2) is 12.2 Å². The lowest BCUT2D eigenvalue weighted by Crippen LogP contribution is -2.52. The van der Waals surface area contributed by atoms with Gasteiger partial charge >= 0.3 is 18.0 Å². The van der Waals surface area contributed by atoms with Crippen molar-refractivity contribution in [2.24, 2.45) is 29.1 Å². The van der Waals surface area contributed by atoms with E-state index in [0.717, 1.165) is 32.1 Å². The van der Waals surface area contributed by atoms with Crippen molar-refractivity contribution in [1.29, 1.82) is 0 Å². The van der Waals surface area contributed by atoms with Crippen LogP contribution in [0.2, 0.25) is 0 Å². The first-order valence-electron chi connectivity index (χ1n) is 20.9. The van der Waals surface area contributed by atoms with Crippen LogP contribution in [0.1, 0.15) is 113 Å². The van der Waals surface area contributed by atoms with Crippen molar-refractivity contribution in [3.8, 4) is 0 Å². The number of carbonyl (C=O) groups is 7. The molecule has 2 fully saturated rings. The quantitative estimate of drug-likeness (QED) is 0.0258. The number of rotatable bonds is 20. The summed E-state index contributed by atoms with van der Waals surface area (Å²) >= 11 is 0. The molecule has 17 nitrogen and oxygen atoms in total. The van der Waals surface area contributed by atoms with E-state index >= 15 is 0 Å². The fraction of sp³-hybridized carbons (Fsp3) is 0.786. The molecule has 0 aromatic heterocycles. The highest BCUT2D eigenvalue weighted by molar-refractivity contribution is 5.95. The third kappa shape index (κ3) is 18.4. The highest BCUT2D eigenvalue weighted by atomic mass is 16.6. The molecule has 0 aromatic carbocycles. The maximum Gasteiger partial charge on any atom is 0.410 e.